The Labute approximate surface area is 112 Å². The molecule has 0 spiro atoms. The van der Waals surface area contributed by atoms with Crippen molar-refractivity contribution in [3.63, 3.8) is 0 Å². The second-order valence-electron chi connectivity index (χ2n) is 5.89. The Kier molecular flexibility index (Phi) is 2.81. The van der Waals surface area contributed by atoms with E-state index in [1.807, 2.05) is 18.2 Å². The Hall–Kier alpha value is -0.770. The smallest absolute Gasteiger partial charge is 0.137 e. The summed E-state index contributed by atoms with van der Waals surface area (Å²) in [6.45, 7) is 4.31. The van der Waals surface area contributed by atoms with Gasteiger partial charge in [-0.25, -0.2) is 0 Å². The number of halogens is 1. The topological polar surface area (TPSA) is 44.5 Å². The van der Waals surface area contributed by atoms with Gasteiger partial charge in [-0.15, -0.1) is 0 Å². The van der Waals surface area contributed by atoms with Gasteiger partial charge in [-0.3, -0.25) is 0 Å². The van der Waals surface area contributed by atoms with Crippen molar-refractivity contribution in [3.05, 3.63) is 28.8 Å². The van der Waals surface area contributed by atoms with Crippen LogP contribution in [0.15, 0.2) is 18.2 Å². The van der Waals surface area contributed by atoms with Crippen molar-refractivity contribution in [2.75, 3.05) is 19.8 Å². The van der Waals surface area contributed by atoms with Crippen LogP contribution in [0.25, 0.3) is 0 Å². The molecule has 3 rings (SSSR count). The van der Waals surface area contributed by atoms with Gasteiger partial charge < -0.3 is 15.2 Å². The lowest BCUT2D eigenvalue weighted by Crippen LogP contribution is -2.44. The highest BCUT2D eigenvalue weighted by molar-refractivity contribution is 6.32. The largest absolute Gasteiger partial charge is 0.491 e. The molecule has 0 atom stereocenters. The van der Waals surface area contributed by atoms with Gasteiger partial charge >= 0.3 is 0 Å². The van der Waals surface area contributed by atoms with Crippen LogP contribution in [-0.4, -0.2) is 19.8 Å². The number of hydrogen-bond acceptors (Lipinski definition) is 3. The summed E-state index contributed by atoms with van der Waals surface area (Å²) in [4.78, 5) is 0. The first-order chi connectivity index (χ1) is 8.51. The molecule has 1 aromatic carbocycles. The minimum Gasteiger partial charge on any atom is -0.491 e. The molecule has 0 unspecified atom stereocenters. The molecule has 2 fully saturated rings. The third-order valence-corrected chi connectivity index (χ3v) is 4.07. The van der Waals surface area contributed by atoms with Crippen molar-refractivity contribution in [1.82, 2.24) is 0 Å². The number of nitrogens with two attached hydrogens (primary N) is 1. The van der Waals surface area contributed by atoms with E-state index >= 15 is 0 Å². The maximum absolute atomic E-state index is 6.24. The average molecular weight is 268 g/mol. The minimum atomic E-state index is -0.143. The zero-order valence-electron chi connectivity index (χ0n) is 10.5. The minimum absolute atomic E-state index is 0.133. The number of hydrogen-bond donors (Lipinski definition) is 1. The Bertz CT molecular complexity index is 467. The van der Waals surface area contributed by atoms with E-state index in [1.165, 1.54) is 0 Å². The summed E-state index contributed by atoms with van der Waals surface area (Å²) in [5, 5.41) is 0.646. The van der Waals surface area contributed by atoms with Gasteiger partial charge in [-0.1, -0.05) is 24.6 Å². The molecule has 0 aromatic heterocycles. The molecule has 0 amide bonds. The molecule has 1 aliphatic carbocycles. The first-order valence-corrected chi connectivity index (χ1v) is 6.68. The van der Waals surface area contributed by atoms with E-state index in [2.05, 4.69) is 6.92 Å². The standard InChI is InChI=1S/C14H18ClNO2/c1-13(7-17-8-13)9-18-12-3-2-10(6-11(12)15)14(16)4-5-14/h2-3,6H,4-5,7-9,16H2,1H3. The molecule has 98 valence electrons. The van der Waals surface area contributed by atoms with Gasteiger partial charge in [-0.2, -0.15) is 0 Å². The molecule has 2 N–H and O–H groups in total. The van der Waals surface area contributed by atoms with Crippen LogP contribution in [0, 0.1) is 5.41 Å². The van der Waals surface area contributed by atoms with Crippen molar-refractivity contribution < 1.29 is 9.47 Å². The number of benzene rings is 1. The summed E-state index contributed by atoms with van der Waals surface area (Å²) in [5.41, 5.74) is 7.24. The molecule has 1 heterocycles. The van der Waals surface area contributed by atoms with E-state index in [0.29, 0.717) is 11.6 Å². The van der Waals surface area contributed by atoms with Crippen LogP contribution < -0.4 is 10.5 Å². The summed E-state index contributed by atoms with van der Waals surface area (Å²) in [7, 11) is 0. The van der Waals surface area contributed by atoms with Gasteiger partial charge in [0.1, 0.15) is 5.75 Å². The molecule has 4 heteroatoms. The SMILES string of the molecule is CC1(COc2ccc(C3(N)CC3)cc2Cl)COC1. The second kappa shape index (κ2) is 4.12. The average Bonchev–Trinajstić information content (AvgIpc) is 3.04. The lowest BCUT2D eigenvalue weighted by molar-refractivity contribution is -0.120. The van der Waals surface area contributed by atoms with Crippen molar-refractivity contribution in [2.24, 2.45) is 11.1 Å². The normalized spacial score (nSPS) is 23.3. The summed E-state index contributed by atoms with van der Waals surface area (Å²) >= 11 is 6.24. The van der Waals surface area contributed by atoms with E-state index in [1.54, 1.807) is 0 Å². The lowest BCUT2D eigenvalue weighted by atomic mass is 9.90. The van der Waals surface area contributed by atoms with E-state index in [0.717, 1.165) is 37.4 Å². The third kappa shape index (κ3) is 2.22. The Balaban J connectivity index is 1.69. The molecule has 0 radical (unpaired) electrons. The van der Waals surface area contributed by atoms with E-state index in [9.17, 15) is 0 Å². The highest BCUT2D eigenvalue weighted by Crippen LogP contribution is 2.44. The van der Waals surface area contributed by atoms with Crippen LogP contribution >= 0.6 is 11.6 Å². The van der Waals surface area contributed by atoms with Crippen molar-refractivity contribution in [2.45, 2.75) is 25.3 Å². The maximum Gasteiger partial charge on any atom is 0.137 e. The van der Waals surface area contributed by atoms with Gasteiger partial charge in [-0.05, 0) is 30.5 Å². The molecule has 1 saturated carbocycles. The number of rotatable bonds is 4. The van der Waals surface area contributed by atoms with Crippen LogP contribution in [0.3, 0.4) is 0 Å². The zero-order chi connectivity index (χ0) is 12.8. The van der Waals surface area contributed by atoms with Crippen molar-refractivity contribution in [1.29, 1.82) is 0 Å². The fraction of sp³-hybridized carbons (Fsp3) is 0.571. The van der Waals surface area contributed by atoms with Gasteiger partial charge in [0.15, 0.2) is 0 Å². The first kappa shape index (κ1) is 12.3. The molecule has 1 aliphatic heterocycles. The highest BCUT2D eigenvalue weighted by Gasteiger charge is 2.40. The molecule has 1 saturated heterocycles. The predicted molar refractivity (Wildman–Crippen MR) is 71.0 cm³/mol. The van der Waals surface area contributed by atoms with Gasteiger partial charge in [0.05, 0.1) is 24.8 Å². The van der Waals surface area contributed by atoms with Crippen LogP contribution in [-0.2, 0) is 10.3 Å². The van der Waals surface area contributed by atoms with Gasteiger partial charge in [0.25, 0.3) is 0 Å². The second-order valence-corrected chi connectivity index (χ2v) is 6.30. The van der Waals surface area contributed by atoms with Gasteiger partial charge in [0, 0.05) is 11.0 Å². The quantitative estimate of drug-likeness (QED) is 0.912. The van der Waals surface area contributed by atoms with E-state index < -0.39 is 0 Å². The fourth-order valence-corrected chi connectivity index (χ4v) is 2.37. The van der Waals surface area contributed by atoms with Crippen molar-refractivity contribution in [3.8, 4) is 5.75 Å². The summed E-state index contributed by atoms with van der Waals surface area (Å²) in [5.74, 6) is 0.734. The molecule has 2 aliphatic rings. The van der Waals surface area contributed by atoms with E-state index in [-0.39, 0.29) is 11.0 Å². The molecular weight excluding hydrogens is 250 g/mol. The monoisotopic (exact) mass is 267 g/mol. The van der Waals surface area contributed by atoms with Gasteiger partial charge in [0.2, 0.25) is 0 Å². The molecule has 1 aromatic rings. The third-order valence-electron chi connectivity index (χ3n) is 3.77. The Morgan fingerprint density at radius 1 is 1.39 bits per heavy atom. The Morgan fingerprint density at radius 3 is 2.61 bits per heavy atom. The lowest BCUT2D eigenvalue weighted by Gasteiger charge is -2.37. The summed E-state index contributed by atoms with van der Waals surface area (Å²) < 4.78 is 11.0. The highest BCUT2D eigenvalue weighted by atomic mass is 35.5. The Morgan fingerprint density at radius 2 is 2.11 bits per heavy atom. The molecule has 3 nitrogen and oxygen atoms in total. The fourth-order valence-electron chi connectivity index (χ4n) is 2.14. The zero-order valence-corrected chi connectivity index (χ0v) is 11.3. The maximum atomic E-state index is 6.24. The summed E-state index contributed by atoms with van der Waals surface area (Å²) in [6.07, 6.45) is 2.08. The molecule has 18 heavy (non-hydrogen) atoms. The van der Waals surface area contributed by atoms with Crippen LogP contribution in [0.5, 0.6) is 5.75 Å². The van der Waals surface area contributed by atoms with Crippen molar-refractivity contribution >= 4 is 11.6 Å². The molecule has 0 bridgehead atoms. The van der Waals surface area contributed by atoms with Crippen LogP contribution in [0.1, 0.15) is 25.3 Å². The summed E-state index contributed by atoms with van der Waals surface area (Å²) in [6, 6.07) is 5.88. The van der Waals surface area contributed by atoms with Crippen LogP contribution in [0.4, 0.5) is 0 Å². The predicted octanol–water partition coefficient (Wildman–Crippen LogP) is 2.70. The first-order valence-electron chi connectivity index (χ1n) is 6.30. The van der Waals surface area contributed by atoms with E-state index in [4.69, 9.17) is 26.8 Å². The van der Waals surface area contributed by atoms with Crippen LogP contribution in [0.2, 0.25) is 5.02 Å². The molecular formula is C14H18ClNO2. The number of ether oxygens (including phenoxy) is 2.